The van der Waals surface area contributed by atoms with Gasteiger partial charge in [0.05, 0.1) is 6.10 Å². The van der Waals surface area contributed by atoms with E-state index in [1.165, 1.54) is 0 Å². The van der Waals surface area contributed by atoms with Crippen LogP contribution in [0.25, 0.3) is 0 Å². The lowest BCUT2D eigenvalue weighted by Gasteiger charge is -2.15. The average molecular weight is 165 g/mol. The van der Waals surface area contributed by atoms with Crippen LogP contribution in [0, 0.1) is 0 Å². The van der Waals surface area contributed by atoms with Crippen LogP contribution in [-0.4, -0.2) is 16.2 Å². The fourth-order valence-electron chi connectivity index (χ4n) is 1.20. The fraction of sp³-hybridized carbons (Fsp3) is 0.500. The van der Waals surface area contributed by atoms with Gasteiger partial charge in [-0.2, -0.15) is 0 Å². The van der Waals surface area contributed by atoms with E-state index in [0.717, 1.165) is 12.1 Å². The second-order valence-electron chi connectivity index (χ2n) is 3.02. The highest BCUT2D eigenvalue weighted by Crippen LogP contribution is 2.17. The van der Waals surface area contributed by atoms with Crippen molar-refractivity contribution in [2.45, 2.75) is 32.3 Å². The molecule has 0 amide bonds. The first-order valence-electron chi connectivity index (χ1n) is 4.34. The molecule has 2 nitrogen and oxygen atoms in total. The molecule has 2 unspecified atom stereocenters. The Morgan fingerprint density at radius 1 is 1.50 bits per heavy atom. The highest BCUT2D eigenvalue weighted by Gasteiger charge is 2.14. The first-order valence-corrected chi connectivity index (χ1v) is 4.34. The Labute approximate surface area is 73.3 Å². The second kappa shape index (κ2) is 4.21. The lowest BCUT2D eigenvalue weighted by Crippen LogP contribution is -2.15. The van der Waals surface area contributed by atoms with Crippen LogP contribution in [0.15, 0.2) is 24.4 Å². The molecule has 66 valence electrons. The zero-order valence-electron chi connectivity index (χ0n) is 7.57. The molecule has 2 heteroatoms. The Kier molecular flexibility index (Phi) is 3.23. The van der Waals surface area contributed by atoms with Crippen molar-refractivity contribution in [2.24, 2.45) is 0 Å². The third kappa shape index (κ3) is 2.05. The smallest absolute Gasteiger partial charge is 0.0618 e. The van der Waals surface area contributed by atoms with E-state index < -0.39 is 0 Å². The number of hydrogen-bond donors (Lipinski definition) is 1. The summed E-state index contributed by atoms with van der Waals surface area (Å²) in [4.78, 5) is 4.19. The minimum absolute atomic E-state index is 0.135. The van der Waals surface area contributed by atoms with Crippen LogP contribution >= 0.6 is 0 Å². The van der Waals surface area contributed by atoms with E-state index in [-0.39, 0.29) is 12.0 Å². The van der Waals surface area contributed by atoms with Crippen LogP contribution in [0.2, 0.25) is 0 Å². The molecule has 0 fully saturated rings. The number of nitrogens with zero attached hydrogens (tertiary/aromatic N) is 1. The first-order chi connectivity index (χ1) is 5.75. The molecule has 0 saturated carbocycles. The molecule has 0 saturated heterocycles. The Balaban J connectivity index is 2.71. The SMILES string of the molecule is CCC(O)C(C)c1ccccn1. The highest BCUT2D eigenvalue weighted by atomic mass is 16.3. The van der Waals surface area contributed by atoms with Crippen molar-refractivity contribution >= 4 is 0 Å². The quantitative estimate of drug-likeness (QED) is 0.742. The maximum Gasteiger partial charge on any atom is 0.0618 e. The maximum absolute atomic E-state index is 9.54. The van der Waals surface area contributed by atoms with Crippen LogP contribution in [0.4, 0.5) is 0 Å². The van der Waals surface area contributed by atoms with E-state index in [0.29, 0.717) is 0 Å². The summed E-state index contributed by atoms with van der Waals surface area (Å²) in [7, 11) is 0. The Morgan fingerprint density at radius 3 is 2.75 bits per heavy atom. The van der Waals surface area contributed by atoms with Crippen LogP contribution in [0.1, 0.15) is 31.9 Å². The molecule has 0 radical (unpaired) electrons. The van der Waals surface area contributed by atoms with Gasteiger partial charge in [0.1, 0.15) is 0 Å². The zero-order valence-corrected chi connectivity index (χ0v) is 7.57. The van der Waals surface area contributed by atoms with Crippen LogP contribution in [0.5, 0.6) is 0 Å². The molecule has 12 heavy (non-hydrogen) atoms. The van der Waals surface area contributed by atoms with Crippen LogP contribution < -0.4 is 0 Å². The number of hydrogen-bond acceptors (Lipinski definition) is 2. The van der Waals surface area contributed by atoms with Crippen LogP contribution in [-0.2, 0) is 0 Å². The Hall–Kier alpha value is -0.890. The van der Waals surface area contributed by atoms with Gasteiger partial charge < -0.3 is 5.11 Å². The molecule has 0 spiro atoms. The summed E-state index contributed by atoms with van der Waals surface area (Å²) in [6.07, 6.45) is 2.26. The summed E-state index contributed by atoms with van der Waals surface area (Å²) in [5, 5.41) is 9.54. The molecule has 1 heterocycles. The monoisotopic (exact) mass is 165 g/mol. The van der Waals surface area contributed by atoms with Crippen molar-refractivity contribution in [2.75, 3.05) is 0 Å². The van der Waals surface area contributed by atoms with E-state index in [9.17, 15) is 5.11 Å². The topological polar surface area (TPSA) is 33.1 Å². The van der Waals surface area contributed by atoms with Crippen molar-refractivity contribution in [1.29, 1.82) is 0 Å². The standard InChI is InChI=1S/C10H15NO/c1-3-10(12)8(2)9-6-4-5-7-11-9/h4-8,10,12H,3H2,1-2H3. The molecular formula is C10H15NO. The first kappa shape index (κ1) is 9.20. The van der Waals surface area contributed by atoms with Gasteiger partial charge in [0.25, 0.3) is 0 Å². The van der Waals surface area contributed by atoms with E-state index in [2.05, 4.69) is 4.98 Å². The predicted molar refractivity (Wildman–Crippen MR) is 48.9 cm³/mol. The summed E-state index contributed by atoms with van der Waals surface area (Å²) >= 11 is 0. The second-order valence-corrected chi connectivity index (χ2v) is 3.02. The van der Waals surface area contributed by atoms with Gasteiger partial charge in [-0.25, -0.2) is 0 Å². The van der Waals surface area contributed by atoms with E-state index >= 15 is 0 Å². The molecule has 1 rings (SSSR count). The van der Waals surface area contributed by atoms with E-state index in [1.54, 1.807) is 6.20 Å². The molecule has 0 aliphatic heterocycles. The summed E-state index contributed by atoms with van der Waals surface area (Å²) in [5.41, 5.74) is 0.965. The van der Waals surface area contributed by atoms with Crippen molar-refractivity contribution < 1.29 is 5.11 Å². The highest BCUT2D eigenvalue weighted by molar-refractivity contribution is 5.09. The third-order valence-electron chi connectivity index (χ3n) is 2.15. The van der Waals surface area contributed by atoms with Gasteiger partial charge in [0, 0.05) is 17.8 Å². The predicted octanol–water partition coefficient (Wildman–Crippen LogP) is 1.96. The molecule has 1 N–H and O–H groups in total. The molecule has 0 bridgehead atoms. The normalized spacial score (nSPS) is 15.6. The third-order valence-corrected chi connectivity index (χ3v) is 2.15. The fourth-order valence-corrected chi connectivity index (χ4v) is 1.20. The number of rotatable bonds is 3. The van der Waals surface area contributed by atoms with Gasteiger partial charge in [0.15, 0.2) is 0 Å². The molecule has 0 aromatic carbocycles. The average Bonchev–Trinajstić information content (AvgIpc) is 2.17. The van der Waals surface area contributed by atoms with Crippen molar-refractivity contribution in [3.63, 3.8) is 0 Å². The largest absolute Gasteiger partial charge is 0.392 e. The number of aliphatic hydroxyl groups is 1. The van der Waals surface area contributed by atoms with Gasteiger partial charge in [-0.1, -0.05) is 19.9 Å². The molecule has 1 aromatic heterocycles. The summed E-state index contributed by atoms with van der Waals surface area (Å²) in [5.74, 6) is 0.135. The van der Waals surface area contributed by atoms with Crippen molar-refractivity contribution in [3.8, 4) is 0 Å². The van der Waals surface area contributed by atoms with Crippen molar-refractivity contribution in [3.05, 3.63) is 30.1 Å². The zero-order chi connectivity index (χ0) is 8.97. The summed E-state index contributed by atoms with van der Waals surface area (Å²) in [6.45, 7) is 3.97. The minimum atomic E-state index is -0.278. The lowest BCUT2D eigenvalue weighted by molar-refractivity contribution is 0.143. The number of aromatic nitrogens is 1. The van der Waals surface area contributed by atoms with Crippen LogP contribution in [0.3, 0.4) is 0 Å². The Morgan fingerprint density at radius 2 is 2.25 bits per heavy atom. The number of aliphatic hydroxyl groups excluding tert-OH is 1. The Bertz CT molecular complexity index is 223. The van der Waals surface area contributed by atoms with Gasteiger partial charge in [0.2, 0.25) is 0 Å². The molecule has 1 aromatic rings. The number of pyridine rings is 1. The maximum atomic E-state index is 9.54. The molecule has 2 atom stereocenters. The minimum Gasteiger partial charge on any atom is -0.392 e. The molecular weight excluding hydrogens is 150 g/mol. The van der Waals surface area contributed by atoms with Crippen molar-refractivity contribution in [1.82, 2.24) is 4.98 Å². The van der Waals surface area contributed by atoms with Gasteiger partial charge in [-0.15, -0.1) is 0 Å². The van der Waals surface area contributed by atoms with Gasteiger partial charge in [-0.3, -0.25) is 4.98 Å². The van der Waals surface area contributed by atoms with E-state index in [1.807, 2.05) is 32.0 Å². The van der Waals surface area contributed by atoms with Gasteiger partial charge >= 0.3 is 0 Å². The molecule has 0 aliphatic carbocycles. The van der Waals surface area contributed by atoms with Gasteiger partial charge in [-0.05, 0) is 18.6 Å². The molecule has 0 aliphatic rings. The summed E-state index contributed by atoms with van der Waals surface area (Å²) < 4.78 is 0. The van der Waals surface area contributed by atoms with E-state index in [4.69, 9.17) is 0 Å². The lowest BCUT2D eigenvalue weighted by atomic mass is 9.98. The summed E-state index contributed by atoms with van der Waals surface area (Å²) in [6, 6.07) is 5.78.